The number of halogens is 1. The lowest BCUT2D eigenvalue weighted by molar-refractivity contribution is -0.142. The van der Waals surface area contributed by atoms with E-state index in [1.807, 2.05) is 13.8 Å². The second-order valence-corrected chi connectivity index (χ2v) is 5.05. The first-order chi connectivity index (χ1) is 9.52. The molecule has 0 radical (unpaired) electrons. The molecule has 0 spiro atoms. The third kappa shape index (κ3) is 2.98. The molecular formula is C15H19FN2O2. The zero-order valence-electron chi connectivity index (χ0n) is 12.0. The summed E-state index contributed by atoms with van der Waals surface area (Å²) in [6.07, 6.45) is 0.655. The topological polar surface area (TPSA) is 41.9 Å². The number of hydrogen-bond donors (Lipinski definition) is 0. The van der Waals surface area contributed by atoms with Gasteiger partial charge in [0, 0.05) is 25.1 Å². The van der Waals surface area contributed by atoms with Crippen molar-refractivity contribution in [3.05, 3.63) is 35.6 Å². The molecule has 1 aliphatic heterocycles. The maximum atomic E-state index is 13.2. The van der Waals surface area contributed by atoms with Crippen molar-refractivity contribution in [2.75, 3.05) is 7.05 Å². The Labute approximate surface area is 118 Å². The molecule has 1 aromatic carbocycles. The van der Waals surface area contributed by atoms with Crippen LogP contribution >= 0.6 is 0 Å². The number of likely N-dealkylation sites (N-methyl/N-ethyl adjacent to an activating group) is 1. The van der Waals surface area contributed by atoms with Gasteiger partial charge in [-0.3, -0.25) is 4.79 Å². The third-order valence-corrected chi connectivity index (χ3v) is 3.70. The van der Waals surface area contributed by atoms with E-state index < -0.39 is 6.10 Å². The first-order valence-electron chi connectivity index (χ1n) is 6.78. The van der Waals surface area contributed by atoms with Crippen molar-refractivity contribution >= 4 is 11.6 Å². The van der Waals surface area contributed by atoms with Crippen LogP contribution in [0, 0.1) is 5.82 Å². The summed E-state index contributed by atoms with van der Waals surface area (Å²) in [5.74, 6) is -0.411. The quantitative estimate of drug-likeness (QED) is 0.849. The minimum atomic E-state index is -0.604. The van der Waals surface area contributed by atoms with Gasteiger partial charge in [-0.1, -0.05) is 24.2 Å². The molecule has 0 N–H and O–H groups in total. The van der Waals surface area contributed by atoms with Crippen molar-refractivity contribution in [2.45, 2.75) is 38.8 Å². The Kier molecular flexibility index (Phi) is 4.37. The molecule has 0 saturated carbocycles. The molecule has 0 aliphatic carbocycles. The van der Waals surface area contributed by atoms with E-state index in [1.165, 1.54) is 12.1 Å². The molecular weight excluding hydrogens is 259 g/mol. The van der Waals surface area contributed by atoms with Crippen molar-refractivity contribution in [2.24, 2.45) is 5.16 Å². The lowest BCUT2D eigenvalue weighted by Crippen LogP contribution is -2.41. The number of amides is 1. The highest BCUT2D eigenvalue weighted by Gasteiger charge is 2.32. The van der Waals surface area contributed by atoms with Gasteiger partial charge in [-0.05, 0) is 25.5 Å². The van der Waals surface area contributed by atoms with Crippen LogP contribution in [0.3, 0.4) is 0 Å². The molecule has 0 aromatic heterocycles. The fourth-order valence-corrected chi connectivity index (χ4v) is 2.07. The van der Waals surface area contributed by atoms with Crippen LogP contribution in [0.5, 0.6) is 0 Å². The Morgan fingerprint density at radius 3 is 3.00 bits per heavy atom. The van der Waals surface area contributed by atoms with Crippen molar-refractivity contribution in [1.29, 1.82) is 0 Å². The highest BCUT2D eigenvalue weighted by atomic mass is 19.1. The van der Waals surface area contributed by atoms with Gasteiger partial charge in [0.25, 0.3) is 5.91 Å². The number of nitrogens with zero attached hydrogens (tertiary/aromatic N) is 2. The largest absolute Gasteiger partial charge is 0.382 e. The number of oxime groups is 1. The van der Waals surface area contributed by atoms with E-state index in [9.17, 15) is 9.18 Å². The normalized spacial score (nSPS) is 19.2. The molecule has 4 nitrogen and oxygen atoms in total. The van der Waals surface area contributed by atoms with Crippen LogP contribution in [0.25, 0.3) is 0 Å². The highest BCUT2D eigenvalue weighted by Crippen LogP contribution is 2.19. The fraction of sp³-hybridized carbons (Fsp3) is 0.467. The molecule has 0 saturated heterocycles. The lowest BCUT2D eigenvalue weighted by Gasteiger charge is -2.25. The predicted molar refractivity (Wildman–Crippen MR) is 75.0 cm³/mol. The molecule has 5 heteroatoms. The average Bonchev–Trinajstić information content (AvgIpc) is 2.94. The van der Waals surface area contributed by atoms with Gasteiger partial charge in [-0.25, -0.2) is 4.39 Å². The summed E-state index contributed by atoms with van der Waals surface area (Å²) in [6, 6.07) is 6.31. The van der Waals surface area contributed by atoms with Crippen molar-refractivity contribution in [3.63, 3.8) is 0 Å². The highest BCUT2D eigenvalue weighted by molar-refractivity contribution is 6.04. The van der Waals surface area contributed by atoms with Gasteiger partial charge in [-0.15, -0.1) is 0 Å². The Morgan fingerprint density at radius 2 is 2.35 bits per heavy atom. The molecule has 2 rings (SSSR count). The average molecular weight is 278 g/mol. The minimum Gasteiger partial charge on any atom is -0.382 e. The zero-order chi connectivity index (χ0) is 14.7. The monoisotopic (exact) mass is 278 g/mol. The molecule has 108 valence electrons. The van der Waals surface area contributed by atoms with Gasteiger partial charge >= 0.3 is 0 Å². The summed E-state index contributed by atoms with van der Waals surface area (Å²) in [4.78, 5) is 19.1. The first kappa shape index (κ1) is 14.5. The number of rotatable bonds is 4. The number of carbonyl (C=O) groups is 1. The molecule has 0 fully saturated rings. The number of carbonyl (C=O) groups excluding carboxylic acids is 1. The van der Waals surface area contributed by atoms with Gasteiger partial charge < -0.3 is 9.74 Å². The van der Waals surface area contributed by atoms with Crippen molar-refractivity contribution in [1.82, 2.24) is 4.90 Å². The van der Waals surface area contributed by atoms with Crippen LogP contribution in [0.4, 0.5) is 4.39 Å². The van der Waals surface area contributed by atoms with E-state index in [1.54, 1.807) is 24.1 Å². The Hall–Kier alpha value is -1.91. The van der Waals surface area contributed by atoms with Gasteiger partial charge in [-0.2, -0.15) is 0 Å². The van der Waals surface area contributed by atoms with Crippen molar-refractivity contribution in [3.8, 4) is 0 Å². The second-order valence-electron chi connectivity index (χ2n) is 5.05. The maximum absolute atomic E-state index is 13.2. The smallest absolute Gasteiger partial charge is 0.266 e. The van der Waals surface area contributed by atoms with E-state index in [0.717, 1.165) is 6.42 Å². The first-order valence-corrected chi connectivity index (χ1v) is 6.78. The second kappa shape index (κ2) is 6.03. The molecule has 1 amide bonds. The summed E-state index contributed by atoms with van der Waals surface area (Å²) in [6.45, 7) is 4.01. The van der Waals surface area contributed by atoms with Crippen LogP contribution in [-0.4, -0.2) is 35.7 Å². The zero-order valence-corrected chi connectivity index (χ0v) is 12.0. The van der Waals surface area contributed by atoms with Gasteiger partial charge in [0.15, 0.2) is 0 Å². The Balaban J connectivity index is 2.03. The van der Waals surface area contributed by atoms with Gasteiger partial charge in [0.2, 0.25) is 6.10 Å². The standard InChI is InChI=1S/C15H19FN2O2/c1-4-10(2)18(3)15(19)14-9-13(17-20-14)11-6-5-7-12(16)8-11/h5-8,10,14H,4,9H2,1-3H3/t10-,14-/m1/s1. The van der Waals surface area contributed by atoms with E-state index >= 15 is 0 Å². The lowest BCUT2D eigenvalue weighted by atomic mass is 10.0. The fourth-order valence-electron chi connectivity index (χ4n) is 2.07. The van der Waals surface area contributed by atoms with Crippen LogP contribution < -0.4 is 0 Å². The molecule has 20 heavy (non-hydrogen) atoms. The van der Waals surface area contributed by atoms with Crippen LogP contribution in [0.1, 0.15) is 32.3 Å². The van der Waals surface area contributed by atoms with Crippen molar-refractivity contribution < 1.29 is 14.0 Å². The van der Waals surface area contributed by atoms with E-state index in [0.29, 0.717) is 17.7 Å². The van der Waals surface area contributed by atoms with E-state index in [-0.39, 0.29) is 17.8 Å². The minimum absolute atomic E-state index is 0.0884. The molecule has 0 bridgehead atoms. The van der Waals surface area contributed by atoms with E-state index in [4.69, 9.17) is 4.84 Å². The van der Waals surface area contributed by atoms with Gasteiger partial charge in [0.1, 0.15) is 5.82 Å². The van der Waals surface area contributed by atoms with Crippen LogP contribution in [0.2, 0.25) is 0 Å². The molecule has 1 aromatic rings. The molecule has 0 unspecified atom stereocenters. The predicted octanol–water partition coefficient (Wildman–Crippen LogP) is 2.58. The summed E-state index contributed by atoms with van der Waals surface area (Å²) in [7, 11) is 1.76. The van der Waals surface area contributed by atoms with Gasteiger partial charge in [0.05, 0.1) is 5.71 Å². The summed E-state index contributed by atoms with van der Waals surface area (Å²) < 4.78 is 13.2. The number of benzene rings is 1. The summed E-state index contributed by atoms with van der Waals surface area (Å²) in [5.41, 5.74) is 1.27. The number of hydrogen-bond acceptors (Lipinski definition) is 3. The molecule has 1 heterocycles. The third-order valence-electron chi connectivity index (χ3n) is 3.70. The molecule has 1 aliphatic rings. The molecule has 2 atom stereocenters. The SMILES string of the molecule is CC[C@@H](C)N(C)C(=O)[C@H]1CC(c2cccc(F)c2)=NO1. The van der Waals surface area contributed by atoms with Crippen LogP contribution in [-0.2, 0) is 9.63 Å². The Bertz CT molecular complexity index is 530. The van der Waals surface area contributed by atoms with E-state index in [2.05, 4.69) is 5.16 Å². The van der Waals surface area contributed by atoms with Crippen LogP contribution in [0.15, 0.2) is 29.4 Å². The Morgan fingerprint density at radius 1 is 1.60 bits per heavy atom. The summed E-state index contributed by atoms with van der Waals surface area (Å²) >= 11 is 0. The maximum Gasteiger partial charge on any atom is 0.266 e. The summed E-state index contributed by atoms with van der Waals surface area (Å²) in [5, 5.41) is 3.92.